The number of thiol groups is 1. The summed E-state index contributed by atoms with van der Waals surface area (Å²) in [5.41, 5.74) is 1.68. The van der Waals surface area contributed by atoms with E-state index in [0.29, 0.717) is 35.9 Å². The van der Waals surface area contributed by atoms with Crippen molar-refractivity contribution >= 4 is 18.5 Å². The van der Waals surface area contributed by atoms with Crippen LogP contribution in [0.15, 0.2) is 12.1 Å². The summed E-state index contributed by atoms with van der Waals surface area (Å²) in [6.45, 7) is 1.27. The highest BCUT2D eigenvalue weighted by Crippen LogP contribution is 2.34. The normalized spacial score (nSPS) is 13.8. The molecule has 0 aromatic heterocycles. The highest BCUT2D eigenvalue weighted by Gasteiger charge is 2.28. The van der Waals surface area contributed by atoms with Gasteiger partial charge in [0.2, 0.25) is 0 Å². The number of rotatable bonds is 4. The van der Waals surface area contributed by atoms with Crippen LogP contribution < -0.4 is 9.47 Å². The molecule has 92 valence electrons. The SMILES string of the molecule is COc1cc2c(cc1OC)C(=O)N(CCS)C2. The molecule has 1 aliphatic heterocycles. The predicted molar refractivity (Wildman–Crippen MR) is 68.1 cm³/mol. The van der Waals surface area contributed by atoms with E-state index in [1.165, 1.54) is 0 Å². The third-order valence-corrected chi connectivity index (χ3v) is 3.06. The van der Waals surface area contributed by atoms with E-state index in [0.717, 1.165) is 5.56 Å². The summed E-state index contributed by atoms with van der Waals surface area (Å²) in [5, 5.41) is 0. The number of carbonyl (C=O) groups is 1. The van der Waals surface area contributed by atoms with Gasteiger partial charge >= 0.3 is 0 Å². The molecule has 2 rings (SSSR count). The van der Waals surface area contributed by atoms with Gasteiger partial charge in [0.15, 0.2) is 11.5 Å². The quantitative estimate of drug-likeness (QED) is 0.828. The first-order valence-corrected chi connectivity index (χ1v) is 5.99. The van der Waals surface area contributed by atoms with Crippen LogP contribution in [0.2, 0.25) is 0 Å². The number of methoxy groups -OCH3 is 2. The summed E-state index contributed by atoms with van der Waals surface area (Å²) in [4.78, 5) is 13.8. The Bertz CT molecular complexity index is 448. The summed E-state index contributed by atoms with van der Waals surface area (Å²) in [6, 6.07) is 3.61. The molecule has 17 heavy (non-hydrogen) atoms. The van der Waals surface area contributed by atoms with Gasteiger partial charge in [0.05, 0.1) is 14.2 Å². The lowest BCUT2D eigenvalue weighted by Gasteiger charge is -2.12. The van der Waals surface area contributed by atoms with E-state index in [-0.39, 0.29) is 5.91 Å². The molecule has 1 aromatic rings. The Hall–Kier alpha value is -1.36. The van der Waals surface area contributed by atoms with Crippen LogP contribution in [0.1, 0.15) is 15.9 Å². The Labute approximate surface area is 106 Å². The van der Waals surface area contributed by atoms with E-state index in [4.69, 9.17) is 9.47 Å². The van der Waals surface area contributed by atoms with Crippen LogP contribution in [0.4, 0.5) is 0 Å². The van der Waals surface area contributed by atoms with E-state index >= 15 is 0 Å². The Balaban J connectivity index is 2.38. The molecule has 1 aliphatic rings. The van der Waals surface area contributed by atoms with Crippen molar-refractivity contribution in [3.63, 3.8) is 0 Å². The highest BCUT2D eigenvalue weighted by atomic mass is 32.1. The van der Waals surface area contributed by atoms with Crippen molar-refractivity contribution in [3.8, 4) is 11.5 Å². The molecular weight excluding hydrogens is 238 g/mol. The largest absolute Gasteiger partial charge is 0.493 e. The molecule has 0 radical (unpaired) electrons. The highest BCUT2D eigenvalue weighted by molar-refractivity contribution is 7.80. The third kappa shape index (κ3) is 2.07. The van der Waals surface area contributed by atoms with Gasteiger partial charge in [-0.05, 0) is 17.7 Å². The maximum atomic E-state index is 12.1. The van der Waals surface area contributed by atoms with Gasteiger partial charge < -0.3 is 14.4 Å². The first-order chi connectivity index (χ1) is 8.21. The van der Waals surface area contributed by atoms with E-state index in [9.17, 15) is 4.79 Å². The number of benzene rings is 1. The minimum Gasteiger partial charge on any atom is -0.493 e. The molecule has 1 heterocycles. The molecule has 0 atom stereocenters. The topological polar surface area (TPSA) is 38.8 Å². The minimum atomic E-state index is 0.0370. The monoisotopic (exact) mass is 253 g/mol. The second kappa shape index (κ2) is 4.87. The van der Waals surface area contributed by atoms with Crippen molar-refractivity contribution in [1.82, 2.24) is 4.90 Å². The van der Waals surface area contributed by atoms with Crippen LogP contribution in [0.5, 0.6) is 11.5 Å². The number of hydrogen-bond acceptors (Lipinski definition) is 4. The molecule has 0 bridgehead atoms. The molecule has 0 unspecified atom stereocenters. The zero-order valence-electron chi connectivity index (χ0n) is 9.90. The van der Waals surface area contributed by atoms with Crippen LogP contribution in [0, 0.1) is 0 Å². The molecule has 4 nitrogen and oxygen atoms in total. The molecule has 5 heteroatoms. The van der Waals surface area contributed by atoms with Gasteiger partial charge in [-0.15, -0.1) is 0 Å². The van der Waals surface area contributed by atoms with Crippen molar-refractivity contribution in [2.24, 2.45) is 0 Å². The average Bonchev–Trinajstić information content (AvgIpc) is 2.65. The van der Waals surface area contributed by atoms with Crippen LogP contribution in [0.3, 0.4) is 0 Å². The Morgan fingerprint density at radius 3 is 2.53 bits per heavy atom. The molecule has 0 N–H and O–H groups in total. The summed E-state index contributed by atoms with van der Waals surface area (Å²) in [7, 11) is 3.15. The van der Waals surface area contributed by atoms with Gasteiger partial charge in [-0.25, -0.2) is 0 Å². The first-order valence-electron chi connectivity index (χ1n) is 5.36. The van der Waals surface area contributed by atoms with Gasteiger partial charge in [0.25, 0.3) is 5.91 Å². The number of ether oxygens (including phenoxy) is 2. The van der Waals surface area contributed by atoms with Crippen molar-refractivity contribution in [2.75, 3.05) is 26.5 Å². The number of amides is 1. The Kier molecular flexibility index (Phi) is 3.47. The van der Waals surface area contributed by atoms with Gasteiger partial charge in [-0.1, -0.05) is 0 Å². The average molecular weight is 253 g/mol. The zero-order chi connectivity index (χ0) is 12.4. The minimum absolute atomic E-state index is 0.0370. The molecule has 1 amide bonds. The molecule has 0 fully saturated rings. The Morgan fingerprint density at radius 1 is 1.29 bits per heavy atom. The van der Waals surface area contributed by atoms with Gasteiger partial charge in [0, 0.05) is 24.4 Å². The van der Waals surface area contributed by atoms with E-state index in [1.807, 2.05) is 6.07 Å². The van der Waals surface area contributed by atoms with Crippen LogP contribution >= 0.6 is 12.6 Å². The lowest BCUT2D eigenvalue weighted by atomic mass is 10.1. The Morgan fingerprint density at radius 2 is 1.94 bits per heavy atom. The molecule has 0 saturated carbocycles. The fraction of sp³-hybridized carbons (Fsp3) is 0.417. The van der Waals surface area contributed by atoms with Gasteiger partial charge in [0.1, 0.15) is 0 Å². The molecule has 0 spiro atoms. The first kappa shape index (κ1) is 12.1. The summed E-state index contributed by atoms with van der Waals surface area (Å²) in [5.74, 6) is 1.95. The molecule has 1 aromatic carbocycles. The van der Waals surface area contributed by atoms with E-state index < -0.39 is 0 Å². The van der Waals surface area contributed by atoms with Crippen LogP contribution in [0.25, 0.3) is 0 Å². The zero-order valence-corrected chi connectivity index (χ0v) is 10.8. The van der Waals surface area contributed by atoms with E-state index in [2.05, 4.69) is 12.6 Å². The molecule has 0 saturated heterocycles. The number of hydrogen-bond donors (Lipinski definition) is 1. The van der Waals surface area contributed by atoms with E-state index in [1.54, 1.807) is 25.2 Å². The number of nitrogens with zero attached hydrogens (tertiary/aromatic N) is 1. The third-order valence-electron chi connectivity index (χ3n) is 2.86. The fourth-order valence-corrected chi connectivity index (χ4v) is 2.24. The van der Waals surface area contributed by atoms with Crippen LogP contribution in [-0.4, -0.2) is 37.3 Å². The maximum absolute atomic E-state index is 12.1. The van der Waals surface area contributed by atoms with Crippen molar-refractivity contribution in [2.45, 2.75) is 6.54 Å². The van der Waals surface area contributed by atoms with Crippen molar-refractivity contribution in [1.29, 1.82) is 0 Å². The smallest absolute Gasteiger partial charge is 0.254 e. The number of carbonyl (C=O) groups excluding carboxylic acids is 1. The van der Waals surface area contributed by atoms with Crippen molar-refractivity contribution < 1.29 is 14.3 Å². The van der Waals surface area contributed by atoms with Gasteiger partial charge in [-0.2, -0.15) is 12.6 Å². The van der Waals surface area contributed by atoms with Gasteiger partial charge in [-0.3, -0.25) is 4.79 Å². The lowest BCUT2D eigenvalue weighted by Crippen LogP contribution is -2.25. The van der Waals surface area contributed by atoms with Crippen molar-refractivity contribution in [3.05, 3.63) is 23.3 Å². The maximum Gasteiger partial charge on any atom is 0.254 e. The summed E-state index contributed by atoms with van der Waals surface area (Å²) in [6.07, 6.45) is 0. The standard InChI is InChI=1S/C12H15NO3S/c1-15-10-5-8-7-13(3-4-17)12(14)9(8)6-11(10)16-2/h5-6,17H,3-4,7H2,1-2H3. The second-order valence-corrected chi connectivity index (χ2v) is 4.26. The fourth-order valence-electron chi connectivity index (χ4n) is 2.00. The predicted octanol–water partition coefficient (Wildman–Crippen LogP) is 1.59. The summed E-state index contributed by atoms with van der Waals surface area (Å²) >= 11 is 4.15. The molecule has 0 aliphatic carbocycles. The summed E-state index contributed by atoms with van der Waals surface area (Å²) < 4.78 is 10.4. The number of fused-ring (bicyclic) bond motifs is 1. The van der Waals surface area contributed by atoms with Crippen LogP contribution in [-0.2, 0) is 6.54 Å². The lowest BCUT2D eigenvalue weighted by molar-refractivity contribution is 0.0788. The molecular formula is C12H15NO3S. The second-order valence-electron chi connectivity index (χ2n) is 3.81.